The van der Waals surface area contributed by atoms with Gasteiger partial charge in [-0.1, -0.05) is 32.1 Å². The molecule has 0 saturated heterocycles. The van der Waals surface area contributed by atoms with Crippen LogP contribution in [0.5, 0.6) is 0 Å². The van der Waals surface area contributed by atoms with Crippen LogP contribution >= 0.6 is 0 Å². The lowest BCUT2D eigenvalue weighted by Gasteiger charge is -2.24. The van der Waals surface area contributed by atoms with Crippen molar-refractivity contribution in [2.24, 2.45) is 5.73 Å². The van der Waals surface area contributed by atoms with Crippen LogP contribution in [0.3, 0.4) is 0 Å². The van der Waals surface area contributed by atoms with Gasteiger partial charge in [0.05, 0.1) is 0 Å². The summed E-state index contributed by atoms with van der Waals surface area (Å²) in [5, 5.41) is 53.6. The molecule has 0 unspecified atom stereocenters. The van der Waals surface area contributed by atoms with Gasteiger partial charge in [0.2, 0.25) is 5.91 Å². The number of nitrogens with two attached hydrogens (primary N) is 1. The minimum atomic E-state index is -1.02. The third kappa shape index (κ3) is 24.6. The molecule has 0 aromatic carbocycles. The number of hydrogen-bond donors (Lipinski definition) is 10. The summed E-state index contributed by atoms with van der Waals surface area (Å²) in [4.78, 5) is 61.8. The van der Waals surface area contributed by atoms with Crippen molar-refractivity contribution in [1.29, 1.82) is 0 Å². The fourth-order valence-electron chi connectivity index (χ4n) is 4.55. The highest BCUT2D eigenvalue weighted by Gasteiger charge is 2.20. The molecular formula is C29H55N5O11. The average molecular weight is 650 g/mol. The zero-order chi connectivity index (χ0) is 34.9. The largest absolute Gasteiger partial charge is 0.481 e. The molecule has 0 spiro atoms. The molecule has 2 aliphatic rings. The number of carbonyl (C=O) groups is 6. The summed E-state index contributed by atoms with van der Waals surface area (Å²) in [7, 11) is 3.01. The molecule has 4 atom stereocenters. The number of rotatable bonds is 16. The molecule has 0 aromatic rings. The monoisotopic (exact) mass is 649 g/mol. The Labute approximate surface area is 264 Å². The van der Waals surface area contributed by atoms with E-state index >= 15 is 0 Å². The van der Waals surface area contributed by atoms with Crippen LogP contribution in [0.1, 0.15) is 97.3 Å². The van der Waals surface area contributed by atoms with Crippen LogP contribution in [0.2, 0.25) is 0 Å². The van der Waals surface area contributed by atoms with Crippen molar-refractivity contribution in [3.8, 4) is 0 Å². The van der Waals surface area contributed by atoms with Crippen molar-refractivity contribution < 1.29 is 54.3 Å². The third-order valence-corrected chi connectivity index (χ3v) is 7.29. The van der Waals surface area contributed by atoms with Gasteiger partial charge in [0, 0.05) is 24.9 Å². The predicted octanol–water partition coefficient (Wildman–Crippen LogP) is 0.822. The Kier molecular flexibility index (Phi) is 25.2. The average Bonchev–Trinajstić information content (AvgIpc) is 3.47. The van der Waals surface area contributed by atoms with Crippen LogP contribution in [0.25, 0.3) is 0 Å². The van der Waals surface area contributed by atoms with E-state index in [1.807, 2.05) is 0 Å². The van der Waals surface area contributed by atoms with Gasteiger partial charge in [0.1, 0.15) is 24.2 Å². The molecular weight excluding hydrogens is 594 g/mol. The summed E-state index contributed by atoms with van der Waals surface area (Å²) in [5.74, 6) is -4.95. The van der Waals surface area contributed by atoms with E-state index in [1.165, 1.54) is 46.2 Å². The Morgan fingerprint density at radius 3 is 1.20 bits per heavy atom. The number of hydrogen-bond acceptors (Lipinski definition) is 10. The first-order valence-corrected chi connectivity index (χ1v) is 15.3. The molecule has 1 amide bonds. The summed E-state index contributed by atoms with van der Waals surface area (Å²) in [6.07, 6.45) is 11.1. The lowest BCUT2D eigenvalue weighted by Crippen LogP contribution is -2.42. The van der Waals surface area contributed by atoms with Crippen LogP contribution in [0.15, 0.2) is 0 Å². The maximum Gasteiger partial charge on any atom is 0.320 e. The Morgan fingerprint density at radius 2 is 0.933 bits per heavy atom. The molecule has 11 N–H and O–H groups in total. The Bertz CT molecular complexity index is 858. The molecule has 2 fully saturated rings. The molecule has 0 heterocycles. The minimum absolute atomic E-state index is 0.0950. The van der Waals surface area contributed by atoms with E-state index in [0.29, 0.717) is 12.1 Å². The first-order chi connectivity index (χ1) is 21.0. The van der Waals surface area contributed by atoms with E-state index in [9.17, 15) is 28.8 Å². The number of primary amides is 1. The summed E-state index contributed by atoms with van der Waals surface area (Å²) in [6.45, 7) is 3.40. The first kappa shape index (κ1) is 43.8. The molecule has 16 nitrogen and oxygen atoms in total. The fraction of sp³-hybridized carbons (Fsp3) is 0.793. The van der Waals surface area contributed by atoms with Gasteiger partial charge in [0.25, 0.3) is 0 Å². The number of carboxylic acids is 5. The lowest BCUT2D eigenvalue weighted by molar-refractivity contribution is -0.141. The van der Waals surface area contributed by atoms with E-state index in [-0.39, 0.29) is 25.7 Å². The van der Waals surface area contributed by atoms with E-state index in [4.69, 9.17) is 31.3 Å². The topological polar surface area (TPSA) is 278 Å². The van der Waals surface area contributed by atoms with E-state index in [2.05, 4.69) is 21.3 Å². The van der Waals surface area contributed by atoms with Gasteiger partial charge < -0.3 is 52.5 Å². The standard InChI is InChI=1S/C9H17NO2.C8H15NO2.C6H12N2O3.C6H11NO4/c1-7(9(11)12)10-8-5-3-2-4-6-8;1-6(8(10)11)9-7-4-2-3-5-7;1-8-4(6(10)11)2-3-5(7)9;1-7-4(6(10)11)2-3-5(8)9/h7-8,10H,2-6H2,1H3,(H,11,12);6-7,9H,2-5H2,1H3,(H,10,11);4,8H,2-3H2,1H3,(H2,7,9)(H,10,11);4,7H,2-3H2,1H3,(H,8,9)(H,10,11)/t7-;6-;2*4-/m0000/s1. The van der Waals surface area contributed by atoms with Crippen molar-refractivity contribution in [1.82, 2.24) is 21.3 Å². The second-order valence-electron chi connectivity index (χ2n) is 11.1. The second-order valence-corrected chi connectivity index (χ2v) is 11.1. The zero-order valence-electron chi connectivity index (χ0n) is 26.9. The van der Waals surface area contributed by atoms with Gasteiger partial charge in [-0.15, -0.1) is 0 Å². The fourth-order valence-corrected chi connectivity index (χ4v) is 4.55. The summed E-state index contributed by atoms with van der Waals surface area (Å²) in [5.41, 5.74) is 4.84. The molecule has 2 aliphatic carbocycles. The normalized spacial score (nSPS) is 17.3. The van der Waals surface area contributed by atoms with Crippen LogP contribution in [-0.4, -0.2) is 112 Å². The smallest absolute Gasteiger partial charge is 0.320 e. The number of amides is 1. The molecule has 0 radical (unpaired) electrons. The summed E-state index contributed by atoms with van der Waals surface area (Å²) >= 11 is 0. The minimum Gasteiger partial charge on any atom is -0.481 e. The first-order valence-electron chi connectivity index (χ1n) is 15.3. The zero-order valence-corrected chi connectivity index (χ0v) is 26.9. The van der Waals surface area contributed by atoms with Crippen LogP contribution in [-0.2, 0) is 28.8 Å². The number of carboxylic acid groups (broad SMARTS) is 5. The number of nitrogens with one attached hydrogen (secondary N) is 4. The molecule has 0 aromatic heterocycles. The van der Waals surface area contributed by atoms with Crippen LogP contribution in [0.4, 0.5) is 0 Å². The van der Waals surface area contributed by atoms with E-state index in [0.717, 1.165) is 25.7 Å². The maximum atomic E-state index is 10.5. The molecule has 0 bridgehead atoms. The number of likely N-dealkylation sites (N-methyl/N-ethyl adjacent to an activating group) is 2. The van der Waals surface area contributed by atoms with Gasteiger partial charge in [-0.05, 0) is 66.5 Å². The molecule has 262 valence electrons. The highest BCUT2D eigenvalue weighted by Crippen LogP contribution is 2.18. The highest BCUT2D eigenvalue weighted by atomic mass is 16.4. The van der Waals surface area contributed by atoms with E-state index in [1.54, 1.807) is 13.8 Å². The van der Waals surface area contributed by atoms with Gasteiger partial charge in [-0.25, -0.2) is 0 Å². The lowest BCUT2D eigenvalue weighted by atomic mass is 9.95. The Hall–Kier alpha value is -3.34. The summed E-state index contributed by atoms with van der Waals surface area (Å²) in [6, 6.07) is -1.34. The van der Waals surface area contributed by atoms with Crippen molar-refractivity contribution in [3.05, 3.63) is 0 Å². The molecule has 2 rings (SSSR count). The number of aliphatic carboxylic acids is 5. The molecule has 2 saturated carbocycles. The van der Waals surface area contributed by atoms with Gasteiger partial charge in [-0.3, -0.25) is 28.8 Å². The number of carbonyl (C=O) groups excluding carboxylic acids is 1. The van der Waals surface area contributed by atoms with Crippen molar-refractivity contribution in [2.45, 2.75) is 134 Å². The maximum absolute atomic E-state index is 10.5. The molecule has 0 aliphatic heterocycles. The van der Waals surface area contributed by atoms with Crippen molar-refractivity contribution >= 4 is 35.8 Å². The quantitative estimate of drug-likeness (QED) is 0.111. The van der Waals surface area contributed by atoms with E-state index < -0.39 is 59.9 Å². The summed E-state index contributed by atoms with van der Waals surface area (Å²) < 4.78 is 0. The second kappa shape index (κ2) is 25.9. The van der Waals surface area contributed by atoms with Crippen molar-refractivity contribution in [2.75, 3.05) is 14.1 Å². The Morgan fingerprint density at radius 1 is 0.600 bits per heavy atom. The highest BCUT2D eigenvalue weighted by molar-refractivity contribution is 5.77. The van der Waals surface area contributed by atoms with Crippen molar-refractivity contribution in [3.63, 3.8) is 0 Å². The molecule has 45 heavy (non-hydrogen) atoms. The predicted molar refractivity (Wildman–Crippen MR) is 166 cm³/mol. The third-order valence-electron chi connectivity index (χ3n) is 7.29. The van der Waals surface area contributed by atoms with Crippen LogP contribution in [0, 0.1) is 0 Å². The Balaban J connectivity index is 0. The molecule has 16 heteroatoms. The van der Waals surface area contributed by atoms with Gasteiger partial charge in [0.15, 0.2) is 0 Å². The van der Waals surface area contributed by atoms with Crippen LogP contribution < -0.4 is 27.0 Å². The van der Waals surface area contributed by atoms with Gasteiger partial charge in [-0.2, -0.15) is 0 Å². The SMILES string of the molecule is CN[C@@H](CCC(=O)O)C(=O)O.CN[C@@H](CCC(N)=O)C(=O)O.C[C@H](NC1CCCC1)C(=O)O.C[C@H](NC1CCCCC1)C(=O)O. The van der Waals surface area contributed by atoms with Gasteiger partial charge >= 0.3 is 29.8 Å².